The van der Waals surface area contributed by atoms with Gasteiger partial charge in [0.15, 0.2) is 0 Å². The molecule has 0 spiro atoms. The van der Waals surface area contributed by atoms with E-state index in [0.29, 0.717) is 39.5 Å². The molecule has 3 rings (SSSR count). The Hall–Kier alpha value is -2.37. The molecule has 3 aromatic rings. The van der Waals surface area contributed by atoms with E-state index in [1.54, 1.807) is 42.5 Å². The summed E-state index contributed by atoms with van der Waals surface area (Å²) >= 11 is 12.1. The Kier molecular flexibility index (Phi) is 5.13. The Labute approximate surface area is 148 Å². The van der Waals surface area contributed by atoms with Crippen LogP contribution in [-0.2, 0) is 6.54 Å². The van der Waals surface area contributed by atoms with Gasteiger partial charge in [0.05, 0.1) is 10.7 Å². The Morgan fingerprint density at radius 2 is 1.75 bits per heavy atom. The molecule has 0 radical (unpaired) electrons. The van der Waals surface area contributed by atoms with Gasteiger partial charge in [0.2, 0.25) is 0 Å². The van der Waals surface area contributed by atoms with Crippen molar-refractivity contribution in [1.82, 2.24) is 9.97 Å². The quantitative estimate of drug-likeness (QED) is 0.648. The highest BCUT2D eigenvalue weighted by Gasteiger charge is 2.05. The third kappa shape index (κ3) is 4.13. The van der Waals surface area contributed by atoms with Crippen molar-refractivity contribution in [2.45, 2.75) is 6.54 Å². The maximum absolute atomic E-state index is 13.6. The Balaban J connectivity index is 1.72. The Morgan fingerprint density at radius 3 is 2.58 bits per heavy atom. The lowest BCUT2D eigenvalue weighted by Crippen LogP contribution is -2.04. The number of aromatic nitrogens is 2. The maximum atomic E-state index is 13.6. The van der Waals surface area contributed by atoms with Crippen LogP contribution in [-0.4, -0.2) is 9.97 Å². The SMILES string of the molecule is Fc1ccccc1CNc1cc(Nc2cc(Cl)ccc2Cl)ncn1. The van der Waals surface area contributed by atoms with E-state index in [1.807, 2.05) is 0 Å². The molecular weight excluding hydrogens is 350 g/mol. The number of benzene rings is 2. The molecule has 0 saturated carbocycles. The van der Waals surface area contributed by atoms with E-state index >= 15 is 0 Å². The van der Waals surface area contributed by atoms with Gasteiger partial charge in [-0.15, -0.1) is 0 Å². The predicted molar refractivity (Wildman–Crippen MR) is 95.5 cm³/mol. The fourth-order valence-corrected chi connectivity index (χ4v) is 2.42. The van der Waals surface area contributed by atoms with Crippen LogP contribution in [0.4, 0.5) is 21.7 Å². The van der Waals surface area contributed by atoms with Gasteiger partial charge in [0.1, 0.15) is 23.8 Å². The summed E-state index contributed by atoms with van der Waals surface area (Å²) in [6.07, 6.45) is 1.41. The Bertz CT molecular complexity index is 857. The molecule has 4 nitrogen and oxygen atoms in total. The average molecular weight is 363 g/mol. The number of halogens is 3. The molecule has 7 heteroatoms. The van der Waals surface area contributed by atoms with Crippen LogP contribution in [0.2, 0.25) is 10.0 Å². The largest absolute Gasteiger partial charge is 0.366 e. The zero-order valence-corrected chi connectivity index (χ0v) is 13.9. The number of hydrogen-bond acceptors (Lipinski definition) is 4. The second-order valence-corrected chi connectivity index (χ2v) is 5.83. The second-order valence-electron chi connectivity index (χ2n) is 4.98. The summed E-state index contributed by atoms with van der Waals surface area (Å²) in [6, 6.07) is 13.4. The molecule has 0 fully saturated rings. The van der Waals surface area contributed by atoms with Crippen molar-refractivity contribution in [3.63, 3.8) is 0 Å². The zero-order valence-electron chi connectivity index (χ0n) is 12.4. The fourth-order valence-electron chi connectivity index (χ4n) is 2.08. The van der Waals surface area contributed by atoms with E-state index < -0.39 is 0 Å². The molecule has 0 aliphatic carbocycles. The van der Waals surface area contributed by atoms with Gasteiger partial charge in [0.25, 0.3) is 0 Å². The lowest BCUT2D eigenvalue weighted by molar-refractivity contribution is 0.613. The van der Waals surface area contributed by atoms with Crippen LogP contribution in [0.1, 0.15) is 5.56 Å². The van der Waals surface area contributed by atoms with Crippen molar-refractivity contribution < 1.29 is 4.39 Å². The molecule has 0 saturated heterocycles. The number of hydrogen-bond donors (Lipinski definition) is 2. The van der Waals surface area contributed by atoms with E-state index in [1.165, 1.54) is 12.4 Å². The summed E-state index contributed by atoms with van der Waals surface area (Å²) in [4.78, 5) is 8.26. The second kappa shape index (κ2) is 7.47. The van der Waals surface area contributed by atoms with E-state index in [2.05, 4.69) is 20.6 Å². The van der Waals surface area contributed by atoms with Gasteiger partial charge in [-0.2, -0.15) is 0 Å². The van der Waals surface area contributed by atoms with Crippen molar-refractivity contribution in [3.05, 3.63) is 76.3 Å². The van der Waals surface area contributed by atoms with E-state index in [-0.39, 0.29) is 5.82 Å². The predicted octanol–water partition coefficient (Wildman–Crippen LogP) is 5.28. The van der Waals surface area contributed by atoms with Gasteiger partial charge in [-0.05, 0) is 24.3 Å². The summed E-state index contributed by atoms with van der Waals surface area (Å²) < 4.78 is 13.6. The minimum absolute atomic E-state index is 0.261. The highest BCUT2D eigenvalue weighted by molar-refractivity contribution is 6.35. The third-order valence-electron chi connectivity index (χ3n) is 3.28. The lowest BCUT2D eigenvalue weighted by Gasteiger charge is -2.10. The summed E-state index contributed by atoms with van der Waals surface area (Å²) in [6.45, 7) is 0.320. The van der Waals surface area contributed by atoms with Gasteiger partial charge in [-0.25, -0.2) is 14.4 Å². The van der Waals surface area contributed by atoms with Gasteiger partial charge in [-0.1, -0.05) is 41.4 Å². The van der Waals surface area contributed by atoms with Crippen LogP contribution in [0.3, 0.4) is 0 Å². The maximum Gasteiger partial charge on any atom is 0.135 e. The molecule has 122 valence electrons. The third-order valence-corrected chi connectivity index (χ3v) is 3.84. The molecule has 0 unspecified atom stereocenters. The van der Waals surface area contributed by atoms with Crippen molar-refractivity contribution in [1.29, 1.82) is 0 Å². The van der Waals surface area contributed by atoms with Crippen LogP contribution >= 0.6 is 23.2 Å². The molecule has 1 aromatic heterocycles. The van der Waals surface area contributed by atoms with Crippen LogP contribution in [0.5, 0.6) is 0 Å². The topological polar surface area (TPSA) is 49.8 Å². The highest BCUT2D eigenvalue weighted by atomic mass is 35.5. The number of rotatable bonds is 5. The first-order chi connectivity index (χ1) is 11.6. The first kappa shape index (κ1) is 16.5. The van der Waals surface area contributed by atoms with Gasteiger partial charge >= 0.3 is 0 Å². The minimum Gasteiger partial charge on any atom is -0.366 e. The van der Waals surface area contributed by atoms with Crippen molar-refractivity contribution in [2.75, 3.05) is 10.6 Å². The van der Waals surface area contributed by atoms with Crippen molar-refractivity contribution in [2.24, 2.45) is 0 Å². The van der Waals surface area contributed by atoms with Crippen LogP contribution < -0.4 is 10.6 Å². The zero-order chi connectivity index (χ0) is 16.9. The van der Waals surface area contributed by atoms with Crippen LogP contribution in [0, 0.1) is 5.82 Å². The Morgan fingerprint density at radius 1 is 0.958 bits per heavy atom. The molecule has 0 aliphatic rings. The van der Waals surface area contributed by atoms with Crippen LogP contribution in [0.25, 0.3) is 0 Å². The standard InChI is InChI=1S/C17H13Cl2FN4/c18-12-5-6-13(19)15(7-12)24-17-8-16(22-10-23-17)21-9-11-3-1-2-4-14(11)20/h1-8,10H,9H2,(H2,21,22,23,24). The number of anilines is 3. The molecule has 0 bridgehead atoms. The molecule has 2 aromatic carbocycles. The summed E-state index contributed by atoms with van der Waals surface area (Å²) in [5, 5.41) is 7.24. The first-order valence-corrected chi connectivity index (χ1v) is 7.89. The molecule has 2 N–H and O–H groups in total. The van der Waals surface area contributed by atoms with Gasteiger partial charge in [0, 0.05) is 23.2 Å². The van der Waals surface area contributed by atoms with E-state index in [0.717, 1.165) is 0 Å². The molecule has 0 amide bonds. The number of nitrogens with zero attached hydrogens (tertiary/aromatic N) is 2. The average Bonchev–Trinajstić information content (AvgIpc) is 2.58. The monoisotopic (exact) mass is 362 g/mol. The fraction of sp³-hybridized carbons (Fsp3) is 0.0588. The highest BCUT2D eigenvalue weighted by Crippen LogP contribution is 2.28. The first-order valence-electron chi connectivity index (χ1n) is 7.13. The van der Waals surface area contributed by atoms with E-state index in [9.17, 15) is 4.39 Å². The van der Waals surface area contributed by atoms with E-state index in [4.69, 9.17) is 23.2 Å². The summed E-state index contributed by atoms with van der Waals surface area (Å²) in [5.41, 5.74) is 1.20. The van der Waals surface area contributed by atoms with Gasteiger partial charge < -0.3 is 10.6 Å². The molecule has 1 heterocycles. The number of nitrogens with one attached hydrogen (secondary N) is 2. The minimum atomic E-state index is -0.261. The molecule has 0 aliphatic heterocycles. The molecule has 24 heavy (non-hydrogen) atoms. The summed E-state index contributed by atoms with van der Waals surface area (Å²) in [5.74, 6) is 0.849. The van der Waals surface area contributed by atoms with Crippen LogP contribution in [0.15, 0.2) is 54.9 Å². The molecular formula is C17H13Cl2FN4. The summed E-state index contributed by atoms with van der Waals surface area (Å²) in [7, 11) is 0. The van der Waals surface area contributed by atoms with Gasteiger partial charge in [-0.3, -0.25) is 0 Å². The lowest BCUT2D eigenvalue weighted by atomic mass is 10.2. The normalized spacial score (nSPS) is 10.5. The molecule has 0 atom stereocenters. The van der Waals surface area contributed by atoms with Crippen molar-refractivity contribution >= 4 is 40.5 Å². The van der Waals surface area contributed by atoms with Crippen molar-refractivity contribution in [3.8, 4) is 0 Å². The smallest absolute Gasteiger partial charge is 0.135 e.